The number of ether oxygens (including phenoxy) is 1. The van der Waals surface area contributed by atoms with Gasteiger partial charge in [0, 0.05) is 18.3 Å². The summed E-state index contributed by atoms with van der Waals surface area (Å²) in [6, 6.07) is 3.86. The summed E-state index contributed by atoms with van der Waals surface area (Å²) >= 11 is 0. The predicted molar refractivity (Wildman–Crippen MR) is 84.9 cm³/mol. The minimum Gasteiger partial charge on any atom is -0.498 e. The van der Waals surface area contributed by atoms with Crippen LogP contribution in [0.2, 0.25) is 0 Å². The molecule has 0 aliphatic carbocycles. The molecule has 0 aromatic carbocycles. The Kier molecular flexibility index (Phi) is 7.46. The van der Waals surface area contributed by atoms with Crippen molar-refractivity contribution < 1.29 is 14.4 Å². The Morgan fingerprint density at radius 3 is 2.67 bits per heavy atom. The highest BCUT2D eigenvalue weighted by atomic mass is 16.5. The van der Waals surface area contributed by atoms with E-state index in [9.17, 15) is 5.11 Å². The quantitative estimate of drug-likeness (QED) is 0.316. The van der Waals surface area contributed by atoms with E-state index in [1.807, 2.05) is 29.1 Å². The maximum Gasteiger partial charge on any atom is 0.177 e. The van der Waals surface area contributed by atoms with Gasteiger partial charge in [-0.05, 0) is 23.3 Å². The number of aliphatic hydroxyl groups excluding tert-OH is 1. The van der Waals surface area contributed by atoms with Gasteiger partial charge >= 0.3 is 0 Å². The van der Waals surface area contributed by atoms with E-state index < -0.39 is 6.10 Å². The van der Waals surface area contributed by atoms with Crippen LogP contribution in [0.15, 0.2) is 67.7 Å². The maximum absolute atomic E-state index is 9.88. The monoisotopic (exact) mass is 285 g/mol. The SMILES string of the molecule is C=CC(/C=C\OCC(O)C[n+]1ccc(C=C)cc1)=C/C=N. The third-order valence-corrected chi connectivity index (χ3v) is 2.73. The summed E-state index contributed by atoms with van der Waals surface area (Å²) in [5.41, 5.74) is 1.81. The van der Waals surface area contributed by atoms with E-state index in [0.717, 1.165) is 11.1 Å². The molecule has 0 fully saturated rings. The van der Waals surface area contributed by atoms with Crippen molar-refractivity contribution >= 4 is 12.3 Å². The zero-order chi connectivity index (χ0) is 15.5. The molecule has 0 spiro atoms. The van der Waals surface area contributed by atoms with Crippen LogP contribution in [0.5, 0.6) is 0 Å². The largest absolute Gasteiger partial charge is 0.498 e. The minimum absolute atomic E-state index is 0.196. The molecule has 1 rings (SSSR count). The van der Waals surface area contributed by atoms with Gasteiger partial charge in [-0.2, -0.15) is 0 Å². The molecule has 0 bridgehead atoms. The van der Waals surface area contributed by atoms with Gasteiger partial charge in [-0.3, -0.25) is 0 Å². The fraction of sp³-hybridized carbons (Fsp3) is 0.176. The van der Waals surface area contributed by atoms with Crippen LogP contribution in [-0.4, -0.2) is 24.0 Å². The Morgan fingerprint density at radius 1 is 1.38 bits per heavy atom. The molecule has 0 radical (unpaired) electrons. The first-order valence-electron chi connectivity index (χ1n) is 6.60. The highest BCUT2D eigenvalue weighted by Crippen LogP contribution is 1.98. The molecule has 0 aliphatic rings. The third-order valence-electron chi connectivity index (χ3n) is 2.73. The summed E-state index contributed by atoms with van der Waals surface area (Å²) in [6.07, 6.45) is 12.5. The lowest BCUT2D eigenvalue weighted by atomic mass is 10.2. The second-order valence-corrected chi connectivity index (χ2v) is 4.36. The van der Waals surface area contributed by atoms with Gasteiger partial charge in [-0.1, -0.05) is 25.3 Å². The molecular weight excluding hydrogens is 264 g/mol. The van der Waals surface area contributed by atoms with Crippen molar-refractivity contribution in [3.05, 3.63) is 73.3 Å². The maximum atomic E-state index is 9.88. The number of aromatic nitrogens is 1. The van der Waals surface area contributed by atoms with Crippen LogP contribution in [0.4, 0.5) is 0 Å². The van der Waals surface area contributed by atoms with Crippen LogP contribution in [0.3, 0.4) is 0 Å². The summed E-state index contributed by atoms with van der Waals surface area (Å²) < 4.78 is 7.15. The second-order valence-electron chi connectivity index (χ2n) is 4.36. The minimum atomic E-state index is -0.604. The molecule has 1 aromatic heterocycles. The van der Waals surface area contributed by atoms with Crippen LogP contribution >= 0.6 is 0 Å². The summed E-state index contributed by atoms with van der Waals surface area (Å²) in [5, 5.41) is 16.9. The van der Waals surface area contributed by atoms with Crippen LogP contribution in [0, 0.1) is 5.41 Å². The van der Waals surface area contributed by atoms with Crippen LogP contribution in [-0.2, 0) is 11.3 Å². The number of hydrogen-bond donors (Lipinski definition) is 2. The molecule has 110 valence electrons. The van der Waals surface area contributed by atoms with E-state index in [4.69, 9.17) is 10.1 Å². The van der Waals surface area contributed by atoms with Crippen molar-refractivity contribution in [1.29, 1.82) is 5.41 Å². The highest BCUT2D eigenvalue weighted by molar-refractivity contribution is 5.70. The lowest BCUT2D eigenvalue weighted by Gasteiger charge is -2.07. The lowest BCUT2D eigenvalue weighted by molar-refractivity contribution is -0.703. The number of hydrogen-bond acceptors (Lipinski definition) is 3. The fourth-order valence-electron chi connectivity index (χ4n) is 1.60. The molecule has 4 nitrogen and oxygen atoms in total. The van der Waals surface area contributed by atoms with E-state index in [1.54, 1.807) is 24.3 Å². The van der Waals surface area contributed by atoms with E-state index >= 15 is 0 Å². The van der Waals surface area contributed by atoms with Crippen LogP contribution < -0.4 is 4.57 Å². The molecule has 0 amide bonds. The van der Waals surface area contributed by atoms with Gasteiger partial charge < -0.3 is 15.3 Å². The van der Waals surface area contributed by atoms with Crippen LogP contribution in [0.1, 0.15) is 5.56 Å². The van der Waals surface area contributed by atoms with Gasteiger partial charge in [0.25, 0.3) is 0 Å². The summed E-state index contributed by atoms with van der Waals surface area (Å²) in [7, 11) is 0. The average Bonchev–Trinajstić information content (AvgIpc) is 2.51. The number of rotatable bonds is 9. The zero-order valence-corrected chi connectivity index (χ0v) is 12.0. The molecular formula is C17H21N2O2+. The van der Waals surface area contributed by atoms with Crippen molar-refractivity contribution in [3.8, 4) is 0 Å². The number of allylic oxidation sites excluding steroid dienone is 4. The normalized spacial score (nSPS) is 12.9. The molecule has 1 unspecified atom stereocenters. The number of pyridine rings is 1. The second kappa shape index (κ2) is 9.44. The van der Waals surface area contributed by atoms with Crippen molar-refractivity contribution in [2.24, 2.45) is 0 Å². The first-order valence-corrected chi connectivity index (χ1v) is 6.60. The van der Waals surface area contributed by atoms with Gasteiger partial charge in [-0.15, -0.1) is 0 Å². The summed E-state index contributed by atoms with van der Waals surface area (Å²) in [4.78, 5) is 0. The molecule has 0 saturated carbocycles. The number of nitrogens with zero attached hydrogens (tertiary/aromatic N) is 1. The molecule has 0 aliphatic heterocycles. The van der Waals surface area contributed by atoms with Gasteiger partial charge in [0.05, 0.1) is 6.26 Å². The van der Waals surface area contributed by atoms with Crippen molar-refractivity contribution in [1.82, 2.24) is 0 Å². The van der Waals surface area contributed by atoms with Gasteiger partial charge in [0.2, 0.25) is 0 Å². The van der Waals surface area contributed by atoms with E-state index in [2.05, 4.69) is 13.2 Å². The van der Waals surface area contributed by atoms with Gasteiger partial charge in [-0.25, -0.2) is 4.57 Å². The predicted octanol–water partition coefficient (Wildman–Crippen LogP) is 2.27. The fourth-order valence-corrected chi connectivity index (χ4v) is 1.60. The molecule has 1 atom stereocenters. The van der Waals surface area contributed by atoms with Gasteiger partial charge in [0.15, 0.2) is 18.9 Å². The zero-order valence-electron chi connectivity index (χ0n) is 12.0. The molecule has 4 heteroatoms. The third kappa shape index (κ3) is 6.49. The standard InChI is InChI=1S/C17H21N2O2/c1-3-15(5-9-18)8-12-21-14-17(20)13-19-10-6-16(4-2)7-11-19/h3-12,17-18,20H,1-2,13-14H2/q+1/b12-8-,15-5-,18-9?. The molecule has 1 heterocycles. The van der Waals surface area contributed by atoms with E-state index in [-0.39, 0.29) is 6.61 Å². The topological polar surface area (TPSA) is 57.2 Å². The van der Waals surface area contributed by atoms with E-state index in [1.165, 1.54) is 12.5 Å². The first-order chi connectivity index (χ1) is 10.2. The van der Waals surface area contributed by atoms with Crippen LogP contribution in [0.25, 0.3) is 6.08 Å². The Hall–Kier alpha value is -2.46. The smallest absolute Gasteiger partial charge is 0.177 e. The van der Waals surface area contributed by atoms with Crippen molar-refractivity contribution in [3.63, 3.8) is 0 Å². The number of aliphatic hydroxyl groups is 1. The van der Waals surface area contributed by atoms with Crippen molar-refractivity contribution in [2.75, 3.05) is 6.61 Å². The lowest BCUT2D eigenvalue weighted by Crippen LogP contribution is -2.40. The molecule has 21 heavy (non-hydrogen) atoms. The average molecular weight is 285 g/mol. The Morgan fingerprint density at radius 2 is 2.10 bits per heavy atom. The first kappa shape index (κ1) is 16.6. The molecule has 1 aromatic rings. The molecule has 2 N–H and O–H groups in total. The Labute approximate surface area is 125 Å². The number of nitrogens with one attached hydrogen (secondary N) is 1. The summed E-state index contributed by atoms with van der Waals surface area (Å²) in [6.45, 7) is 7.97. The highest BCUT2D eigenvalue weighted by Gasteiger charge is 2.10. The Bertz CT molecular complexity index is 530. The van der Waals surface area contributed by atoms with E-state index in [0.29, 0.717) is 6.54 Å². The van der Waals surface area contributed by atoms with Crippen molar-refractivity contribution in [2.45, 2.75) is 12.6 Å². The Balaban J connectivity index is 2.39. The molecule has 0 saturated heterocycles. The van der Waals surface area contributed by atoms with Gasteiger partial charge in [0.1, 0.15) is 12.7 Å². The summed E-state index contributed by atoms with van der Waals surface area (Å²) in [5.74, 6) is 0.